The van der Waals surface area contributed by atoms with Crippen LogP contribution in [0.1, 0.15) is 12.8 Å². The third-order valence-corrected chi connectivity index (χ3v) is 3.46. The summed E-state index contributed by atoms with van der Waals surface area (Å²) in [4.78, 5) is 20.9. The molecule has 0 aromatic carbocycles. The van der Waals surface area contributed by atoms with E-state index in [0.29, 0.717) is 0 Å². The smallest absolute Gasteiger partial charge is 0.321 e. The van der Waals surface area contributed by atoms with Gasteiger partial charge >= 0.3 is 11.9 Å². The molecule has 1 aromatic rings. The molecule has 0 amide bonds. The van der Waals surface area contributed by atoms with Gasteiger partial charge in [-0.15, -0.1) is 0 Å². The summed E-state index contributed by atoms with van der Waals surface area (Å²) in [6.45, 7) is 0. The molecule has 1 rings (SSSR count). The number of H-pyrrole nitrogens is 1. The number of hydrogen-bond donors (Lipinski definition) is 4. The number of carboxylic acids is 2. The standard InChI is InChI=1S/C8H11N3O6S/c12-7(13)2-1-6(8(14)15)11-18(16,17)5-3-9-10-4-5/h3-4,6,11H,1-2H2,(H,9,10)(H,12,13)(H,14,15). The largest absolute Gasteiger partial charge is 0.481 e. The fourth-order valence-electron chi connectivity index (χ4n) is 1.14. The highest BCUT2D eigenvalue weighted by atomic mass is 32.2. The van der Waals surface area contributed by atoms with Gasteiger partial charge in [0, 0.05) is 12.6 Å². The van der Waals surface area contributed by atoms with E-state index >= 15 is 0 Å². The number of rotatable bonds is 7. The van der Waals surface area contributed by atoms with Crippen LogP contribution in [0.15, 0.2) is 17.3 Å². The highest BCUT2D eigenvalue weighted by Crippen LogP contribution is 2.08. The molecule has 0 aliphatic carbocycles. The summed E-state index contributed by atoms with van der Waals surface area (Å²) in [5.41, 5.74) is 0. The van der Waals surface area contributed by atoms with Crippen molar-refractivity contribution in [2.45, 2.75) is 23.8 Å². The summed E-state index contributed by atoms with van der Waals surface area (Å²) in [6, 6.07) is -1.50. The minimum Gasteiger partial charge on any atom is -0.481 e. The van der Waals surface area contributed by atoms with E-state index in [4.69, 9.17) is 10.2 Å². The normalized spacial score (nSPS) is 13.1. The van der Waals surface area contributed by atoms with Crippen molar-refractivity contribution < 1.29 is 28.2 Å². The molecule has 9 nitrogen and oxygen atoms in total. The molecule has 0 aliphatic heterocycles. The van der Waals surface area contributed by atoms with Gasteiger partial charge in [0.1, 0.15) is 10.9 Å². The van der Waals surface area contributed by atoms with Crippen molar-refractivity contribution in [3.8, 4) is 0 Å². The maximum absolute atomic E-state index is 11.7. The molecular formula is C8H11N3O6S. The fraction of sp³-hybridized carbons (Fsp3) is 0.375. The Balaban J connectivity index is 2.78. The molecule has 0 saturated carbocycles. The monoisotopic (exact) mass is 277 g/mol. The number of sulfonamides is 1. The number of carbonyl (C=O) groups is 2. The average molecular weight is 277 g/mol. The van der Waals surface area contributed by atoms with Gasteiger partial charge in [0.2, 0.25) is 10.0 Å². The minimum atomic E-state index is -4.03. The summed E-state index contributed by atoms with van der Waals surface area (Å²) in [5, 5.41) is 23.0. The van der Waals surface area contributed by atoms with E-state index in [0.717, 1.165) is 12.4 Å². The van der Waals surface area contributed by atoms with Crippen LogP contribution in [0.5, 0.6) is 0 Å². The van der Waals surface area contributed by atoms with Crippen molar-refractivity contribution >= 4 is 22.0 Å². The van der Waals surface area contributed by atoms with E-state index in [-0.39, 0.29) is 11.3 Å². The van der Waals surface area contributed by atoms with Crippen LogP contribution in [0, 0.1) is 0 Å². The molecule has 0 radical (unpaired) electrons. The summed E-state index contributed by atoms with van der Waals surface area (Å²) in [7, 11) is -4.03. The first-order chi connectivity index (χ1) is 8.33. The van der Waals surface area contributed by atoms with E-state index in [1.54, 1.807) is 0 Å². The second-order valence-corrected chi connectivity index (χ2v) is 5.09. The van der Waals surface area contributed by atoms with Crippen LogP contribution in [0.2, 0.25) is 0 Å². The Hall–Kier alpha value is -1.94. The Bertz CT molecular complexity index is 523. The first-order valence-electron chi connectivity index (χ1n) is 4.78. The van der Waals surface area contributed by atoms with E-state index in [1.165, 1.54) is 0 Å². The van der Waals surface area contributed by atoms with Gasteiger partial charge in [-0.25, -0.2) is 8.42 Å². The van der Waals surface area contributed by atoms with Crippen molar-refractivity contribution in [3.63, 3.8) is 0 Å². The van der Waals surface area contributed by atoms with E-state index < -0.39 is 34.4 Å². The van der Waals surface area contributed by atoms with Crippen molar-refractivity contribution in [2.75, 3.05) is 0 Å². The lowest BCUT2D eigenvalue weighted by Gasteiger charge is -2.12. The van der Waals surface area contributed by atoms with Gasteiger partial charge in [-0.05, 0) is 6.42 Å². The molecule has 0 aliphatic rings. The third kappa shape index (κ3) is 3.82. The van der Waals surface area contributed by atoms with Crippen LogP contribution >= 0.6 is 0 Å². The topological polar surface area (TPSA) is 149 Å². The van der Waals surface area contributed by atoms with Crippen molar-refractivity contribution in [3.05, 3.63) is 12.4 Å². The van der Waals surface area contributed by atoms with Gasteiger partial charge in [0.25, 0.3) is 0 Å². The highest BCUT2D eigenvalue weighted by Gasteiger charge is 2.26. The first-order valence-corrected chi connectivity index (χ1v) is 6.27. The predicted molar refractivity (Wildman–Crippen MR) is 57.2 cm³/mol. The average Bonchev–Trinajstić information content (AvgIpc) is 2.77. The molecule has 0 fully saturated rings. The van der Waals surface area contributed by atoms with Gasteiger partial charge in [0.05, 0.1) is 6.20 Å². The van der Waals surface area contributed by atoms with Gasteiger partial charge in [-0.1, -0.05) is 0 Å². The first kappa shape index (κ1) is 14.1. The number of aliphatic carboxylic acids is 2. The Labute approximate surface area is 102 Å². The van der Waals surface area contributed by atoms with Crippen molar-refractivity contribution in [1.29, 1.82) is 0 Å². The van der Waals surface area contributed by atoms with Crippen LogP contribution in [0.4, 0.5) is 0 Å². The van der Waals surface area contributed by atoms with Crippen LogP contribution in [0.25, 0.3) is 0 Å². The lowest BCUT2D eigenvalue weighted by atomic mass is 10.2. The molecule has 1 aromatic heterocycles. The maximum atomic E-state index is 11.7. The zero-order valence-electron chi connectivity index (χ0n) is 9.03. The van der Waals surface area contributed by atoms with E-state index in [1.807, 2.05) is 4.72 Å². The maximum Gasteiger partial charge on any atom is 0.321 e. The van der Waals surface area contributed by atoms with E-state index in [2.05, 4.69) is 10.2 Å². The lowest BCUT2D eigenvalue weighted by Crippen LogP contribution is -2.40. The molecule has 10 heteroatoms. The Kier molecular flexibility index (Phi) is 4.39. The number of aromatic amines is 1. The number of aromatic nitrogens is 2. The quantitative estimate of drug-likeness (QED) is 0.499. The van der Waals surface area contributed by atoms with E-state index in [9.17, 15) is 18.0 Å². The predicted octanol–water partition coefficient (Wildman–Crippen LogP) is -0.994. The van der Waals surface area contributed by atoms with Gasteiger partial charge < -0.3 is 10.2 Å². The zero-order valence-corrected chi connectivity index (χ0v) is 9.85. The Morgan fingerprint density at radius 2 is 2.11 bits per heavy atom. The summed E-state index contributed by atoms with van der Waals surface area (Å²) in [6.07, 6.45) is 1.30. The third-order valence-electron chi connectivity index (χ3n) is 2.03. The molecular weight excluding hydrogens is 266 g/mol. The van der Waals surface area contributed by atoms with Gasteiger partial charge in [0.15, 0.2) is 0 Å². The highest BCUT2D eigenvalue weighted by molar-refractivity contribution is 7.89. The van der Waals surface area contributed by atoms with Gasteiger partial charge in [-0.3, -0.25) is 14.7 Å². The van der Waals surface area contributed by atoms with Crippen LogP contribution in [-0.2, 0) is 19.6 Å². The minimum absolute atomic E-state index is 0.218. The number of carboxylic acid groups (broad SMARTS) is 2. The molecule has 0 bridgehead atoms. The van der Waals surface area contributed by atoms with Crippen LogP contribution in [0.3, 0.4) is 0 Å². The molecule has 0 spiro atoms. The van der Waals surface area contributed by atoms with Crippen molar-refractivity contribution in [1.82, 2.24) is 14.9 Å². The molecule has 1 atom stereocenters. The number of nitrogens with zero attached hydrogens (tertiary/aromatic N) is 1. The fourth-order valence-corrected chi connectivity index (χ4v) is 2.27. The second-order valence-electron chi connectivity index (χ2n) is 3.38. The summed E-state index contributed by atoms with van der Waals surface area (Å²) >= 11 is 0. The molecule has 4 N–H and O–H groups in total. The van der Waals surface area contributed by atoms with Crippen LogP contribution in [-0.4, -0.2) is 46.8 Å². The molecule has 0 saturated heterocycles. The Morgan fingerprint density at radius 3 is 2.56 bits per heavy atom. The van der Waals surface area contributed by atoms with Crippen LogP contribution < -0.4 is 4.72 Å². The molecule has 100 valence electrons. The Morgan fingerprint density at radius 1 is 1.44 bits per heavy atom. The zero-order chi connectivity index (χ0) is 13.8. The summed E-state index contributed by atoms with van der Waals surface area (Å²) < 4.78 is 25.2. The lowest BCUT2D eigenvalue weighted by molar-refractivity contribution is -0.140. The van der Waals surface area contributed by atoms with Crippen molar-refractivity contribution in [2.24, 2.45) is 0 Å². The molecule has 18 heavy (non-hydrogen) atoms. The molecule has 1 unspecified atom stereocenters. The summed E-state index contributed by atoms with van der Waals surface area (Å²) in [5.74, 6) is -2.65. The second kappa shape index (κ2) is 5.60. The number of hydrogen-bond acceptors (Lipinski definition) is 5. The SMILES string of the molecule is O=C(O)CCC(NS(=O)(=O)c1cn[nH]c1)C(=O)O. The van der Waals surface area contributed by atoms with Gasteiger partial charge in [-0.2, -0.15) is 9.82 Å². The number of nitrogens with one attached hydrogen (secondary N) is 2. The molecule has 1 heterocycles.